The summed E-state index contributed by atoms with van der Waals surface area (Å²) in [7, 11) is 0. The maximum Gasteiger partial charge on any atom is 0.229 e. The van der Waals surface area contributed by atoms with Crippen molar-refractivity contribution in [2.24, 2.45) is 0 Å². The van der Waals surface area contributed by atoms with Gasteiger partial charge < -0.3 is 23.7 Å². The third-order valence-corrected chi connectivity index (χ3v) is 7.62. The van der Waals surface area contributed by atoms with Crippen LogP contribution in [-0.2, 0) is 0 Å². The second kappa shape index (κ2) is 10.3. The molecule has 0 atom stereocenters. The van der Waals surface area contributed by atoms with Gasteiger partial charge in [0.15, 0.2) is 28.5 Å². The number of ether oxygens (including phenoxy) is 2. The Labute approximate surface area is 254 Å². The van der Waals surface area contributed by atoms with Gasteiger partial charge in [-0.25, -0.2) is 4.98 Å². The summed E-state index contributed by atoms with van der Waals surface area (Å²) < 4.78 is 18.9. The Hall–Kier alpha value is -6.08. The number of allylic oxidation sites excluding steroid dienone is 4. The van der Waals surface area contributed by atoms with Gasteiger partial charge in [-0.05, 0) is 79.7 Å². The quantitative estimate of drug-likeness (QED) is 0.190. The Morgan fingerprint density at radius 2 is 1.32 bits per heavy atom. The molecule has 0 radical (unpaired) electrons. The van der Waals surface area contributed by atoms with Crippen LogP contribution >= 0.6 is 0 Å². The zero-order valence-electron chi connectivity index (χ0n) is 23.8. The van der Waals surface area contributed by atoms with E-state index in [1.807, 2.05) is 85.8 Å². The van der Waals surface area contributed by atoms with Crippen LogP contribution < -0.4 is 19.3 Å². The summed E-state index contributed by atoms with van der Waals surface area (Å²) in [4.78, 5) is 13.6. The van der Waals surface area contributed by atoms with E-state index in [0.29, 0.717) is 17.1 Å². The molecular weight excluding hydrogens is 548 g/mol. The second-order valence-corrected chi connectivity index (χ2v) is 10.4. The molecule has 0 N–H and O–H groups in total. The first-order valence-electron chi connectivity index (χ1n) is 14.3. The van der Waals surface area contributed by atoms with Gasteiger partial charge in [-0.1, -0.05) is 55.1 Å². The number of rotatable bonds is 5. The Balaban J connectivity index is 1.41. The lowest BCUT2D eigenvalue weighted by Crippen LogP contribution is -2.23. The number of aromatic nitrogens is 2. The summed E-state index contributed by atoms with van der Waals surface area (Å²) in [6.07, 6.45) is 7.39. The summed E-state index contributed by atoms with van der Waals surface area (Å²) in [5.41, 5.74) is 7.42. The topological polar surface area (TPSA) is 63.9 Å². The maximum absolute atomic E-state index is 6.32. The Morgan fingerprint density at radius 3 is 1.98 bits per heavy atom. The highest BCUT2D eigenvalue weighted by Gasteiger charge is 2.30. The van der Waals surface area contributed by atoms with E-state index in [0.717, 1.165) is 62.7 Å². The normalized spacial score (nSPS) is 13.8. The highest BCUT2D eigenvalue weighted by molar-refractivity contribution is 5.90. The Morgan fingerprint density at radius 1 is 0.705 bits per heavy atom. The summed E-state index contributed by atoms with van der Waals surface area (Å²) in [6.45, 7) is 5.86. The average molecular weight is 575 g/mol. The fraction of sp³-hybridized carbons (Fsp3) is 0.0270. The summed E-state index contributed by atoms with van der Waals surface area (Å²) >= 11 is 0. The van der Waals surface area contributed by atoms with Gasteiger partial charge in [0.25, 0.3) is 0 Å². The van der Waals surface area contributed by atoms with E-state index in [4.69, 9.17) is 18.9 Å². The summed E-state index contributed by atoms with van der Waals surface area (Å²) in [5, 5.41) is 0. The standard InChI is InChI=1S/C37H26N4O3/c1-3-4-12-28-24(2)42-32-16-8-5-13-29(32)40(28)26-21-25(37-39-36-35(44-37)19-11-20-38-36)22-27(23-26)41-30-14-6-9-17-33(30)43-34-18-10-7-15-31(34)41/h3-23H,1H2,2H3/b12-4-. The molecule has 8 rings (SSSR count). The molecule has 0 saturated carbocycles. The lowest BCUT2D eigenvalue weighted by Gasteiger charge is -2.36. The maximum atomic E-state index is 6.32. The van der Waals surface area contributed by atoms with Crippen molar-refractivity contribution in [1.82, 2.24) is 9.97 Å². The van der Waals surface area contributed by atoms with Crippen molar-refractivity contribution in [1.29, 1.82) is 0 Å². The van der Waals surface area contributed by atoms with Gasteiger partial charge >= 0.3 is 0 Å². The zero-order chi connectivity index (χ0) is 29.6. The van der Waals surface area contributed by atoms with Crippen molar-refractivity contribution < 1.29 is 13.9 Å². The van der Waals surface area contributed by atoms with Crippen LogP contribution in [0.2, 0.25) is 0 Å². The van der Waals surface area contributed by atoms with E-state index in [1.54, 1.807) is 12.3 Å². The molecule has 7 heteroatoms. The molecule has 0 unspecified atom stereocenters. The number of oxazole rings is 1. The first kappa shape index (κ1) is 25.6. The number of hydrogen-bond donors (Lipinski definition) is 0. The first-order valence-corrected chi connectivity index (χ1v) is 14.3. The third-order valence-electron chi connectivity index (χ3n) is 7.62. The first-order chi connectivity index (χ1) is 21.7. The average Bonchev–Trinajstić information content (AvgIpc) is 3.50. The molecule has 2 aliphatic rings. The van der Waals surface area contributed by atoms with Gasteiger partial charge in [-0.2, -0.15) is 4.98 Å². The number of anilines is 5. The van der Waals surface area contributed by atoms with Crippen LogP contribution in [-0.4, -0.2) is 9.97 Å². The number of para-hydroxylation sites is 6. The van der Waals surface area contributed by atoms with Crippen LogP contribution in [0.3, 0.4) is 0 Å². The molecule has 0 aliphatic carbocycles. The van der Waals surface area contributed by atoms with Crippen molar-refractivity contribution >= 4 is 39.7 Å². The van der Waals surface area contributed by atoms with Crippen LogP contribution in [0, 0.1) is 0 Å². The smallest absolute Gasteiger partial charge is 0.229 e. The minimum Gasteiger partial charge on any atom is -0.458 e. The second-order valence-electron chi connectivity index (χ2n) is 10.4. The van der Waals surface area contributed by atoms with Crippen molar-refractivity contribution in [3.63, 3.8) is 0 Å². The fourth-order valence-electron chi connectivity index (χ4n) is 5.71. The van der Waals surface area contributed by atoms with Crippen LogP contribution in [0.25, 0.3) is 22.7 Å². The predicted molar refractivity (Wildman–Crippen MR) is 173 cm³/mol. The van der Waals surface area contributed by atoms with Gasteiger partial charge in [-0.15, -0.1) is 0 Å². The molecule has 4 heterocycles. The van der Waals surface area contributed by atoms with Crippen LogP contribution in [0.5, 0.6) is 17.2 Å². The molecule has 0 fully saturated rings. The van der Waals surface area contributed by atoms with Gasteiger partial charge in [0, 0.05) is 23.1 Å². The van der Waals surface area contributed by atoms with Crippen LogP contribution in [0.1, 0.15) is 6.92 Å². The van der Waals surface area contributed by atoms with E-state index in [9.17, 15) is 0 Å². The number of benzene rings is 4. The molecule has 0 bridgehead atoms. The molecule has 6 aromatic rings. The molecule has 0 spiro atoms. The van der Waals surface area contributed by atoms with Gasteiger partial charge in [-0.3, -0.25) is 0 Å². The minimum absolute atomic E-state index is 0.474. The van der Waals surface area contributed by atoms with E-state index in [-0.39, 0.29) is 0 Å². The SMILES string of the molecule is C=C/C=C\C1=C(C)Oc2ccccc2N1c1cc(-c2nc3ncccc3o2)cc(N2c3ccccc3Oc3ccccc32)c1. The molecule has 44 heavy (non-hydrogen) atoms. The van der Waals surface area contributed by atoms with E-state index < -0.39 is 0 Å². The van der Waals surface area contributed by atoms with Crippen molar-refractivity contribution in [2.75, 3.05) is 9.80 Å². The molecule has 4 aromatic carbocycles. The Bertz CT molecular complexity index is 2070. The summed E-state index contributed by atoms with van der Waals surface area (Å²) in [5.74, 6) is 3.54. The lowest BCUT2D eigenvalue weighted by molar-refractivity contribution is 0.414. The largest absolute Gasteiger partial charge is 0.458 e. The highest BCUT2D eigenvalue weighted by atomic mass is 16.5. The van der Waals surface area contributed by atoms with Crippen LogP contribution in [0.15, 0.2) is 150 Å². The molecule has 212 valence electrons. The van der Waals surface area contributed by atoms with Crippen LogP contribution in [0.4, 0.5) is 28.4 Å². The fourth-order valence-corrected chi connectivity index (χ4v) is 5.71. The van der Waals surface area contributed by atoms with Gasteiger partial charge in [0.05, 0.1) is 22.8 Å². The monoisotopic (exact) mass is 574 g/mol. The Kier molecular flexibility index (Phi) is 6.01. The van der Waals surface area contributed by atoms with Crippen molar-refractivity contribution in [2.45, 2.75) is 6.92 Å². The van der Waals surface area contributed by atoms with Gasteiger partial charge in [0.2, 0.25) is 5.89 Å². The molecule has 0 saturated heterocycles. The molecular formula is C37H26N4O3. The van der Waals surface area contributed by atoms with E-state index in [2.05, 4.69) is 57.8 Å². The molecule has 0 amide bonds. The zero-order valence-corrected chi connectivity index (χ0v) is 23.8. The van der Waals surface area contributed by atoms with Crippen molar-refractivity contribution in [3.8, 4) is 28.7 Å². The lowest BCUT2D eigenvalue weighted by atomic mass is 10.1. The van der Waals surface area contributed by atoms with E-state index >= 15 is 0 Å². The van der Waals surface area contributed by atoms with E-state index in [1.165, 1.54) is 0 Å². The number of nitrogens with zero attached hydrogens (tertiary/aromatic N) is 4. The summed E-state index contributed by atoms with van der Waals surface area (Å²) in [6, 6.07) is 34.2. The number of fused-ring (bicyclic) bond motifs is 4. The predicted octanol–water partition coefficient (Wildman–Crippen LogP) is 9.97. The molecule has 7 nitrogen and oxygen atoms in total. The third kappa shape index (κ3) is 4.22. The van der Waals surface area contributed by atoms with Crippen molar-refractivity contribution in [3.05, 3.63) is 146 Å². The number of pyridine rings is 1. The molecule has 2 aliphatic heterocycles. The number of hydrogen-bond acceptors (Lipinski definition) is 7. The molecule has 2 aromatic heterocycles. The van der Waals surface area contributed by atoms with Gasteiger partial charge in [0.1, 0.15) is 5.76 Å². The highest BCUT2D eigenvalue weighted by Crippen LogP contribution is 2.52. The minimum atomic E-state index is 0.474.